The predicted molar refractivity (Wildman–Crippen MR) is 80.5 cm³/mol. The molecule has 2 nitrogen and oxygen atoms in total. The van der Waals surface area contributed by atoms with Gasteiger partial charge in [-0.25, -0.2) is 4.39 Å². The molecule has 0 aromatic heterocycles. The minimum atomic E-state index is -0.230. The summed E-state index contributed by atoms with van der Waals surface area (Å²) < 4.78 is 13.7. The summed E-state index contributed by atoms with van der Waals surface area (Å²) in [5.41, 5.74) is 6.73. The van der Waals surface area contributed by atoms with Crippen LogP contribution in [0.15, 0.2) is 22.7 Å². The second-order valence-corrected chi connectivity index (χ2v) is 5.72. The van der Waals surface area contributed by atoms with Crippen molar-refractivity contribution in [3.05, 3.63) is 34.1 Å². The summed E-state index contributed by atoms with van der Waals surface area (Å²) in [7, 11) is 0. The highest BCUT2D eigenvalue weighted by atomic mass is 79.9. The number of nitrogens with two attached hydrogens (primary N) is 1. The van der Waals surface area contributed by atoms with Crippen molar-refractivity contribution in [2.24, 2.45) is 11.7 Å². The molecule has 0 bridgehead atoms. The Morgan fingerprint density at radius 1 is 1.44 bits per heavy atom. The van der Waals surface area contributed by atoms with Crippen molar-refractivity contribution in [2.45, 2.75) is 32.9 Å². The highest BCUT2D eigenvalue weighted by molar-refractivity contribution is 9.10. The lowest BCUT2D eigenvalue weighted by Crippen LogP contribution is -2.52. The first kappa shape index (κ1) is 17.8. The van der Waals surface area contributed by atoms with Crippen LogP contribution in [-0.4, -0.2) is 12.1 Å². The first-order chi connectivity index (χ1) is 7.89. The van der Waals surface area contributed by atoms with Gasteiger partial charge in [-0.2, -0.15) is 0 Å². The average molecular weight is 340 g/mol. The van der Waals surface area contributed by atoms with E-state index in [4.69, 9.17) is 5.73 Å². The maximum atomic E-state index is 12.9. The quantitative estimate of drug-likeness (QED) is 0.862. The van der Waals surface area contributed by atoms with Crippen LogP contribution >= 0.6 is 28.3 Å². The topological polar surface area (TPSA) is 38.0 Å². The number of hydrogen-bond acceptors (Lipinski definition) is 2. The summed E-state index contributed by atoms with van der Waals surface area (Å²) in [4.78, 5) is 0. The van der Waals surface area contributed by atoms with Gasteiger partial charge in [-0.3, -0.25) is 0 Å². The van der Waals surface area contributed by atoms with E-state index in [-0.39, 0.29) is 23.8 Å². The van der Waals surface area contributed by atoms with E-state index in [0.29, 0.717) is 19.0 Å². The lowest BCUT2D eigenvalue weighted by Gasteiger charge is -2.34. The fraction of sp³-hybridized carbons (Fsp3) is 0.538. The summed E-state index contributed by atoms with van der Waals surface area (Å²) in [6.07, 6.45) is 0. The number of halogens is 3. The maximum absolute atomic E-state index is 12.9. The Morgan fingerprint density at radius 2 is 2.06 bits per heavy atom. The zero-order valence-corrected chi connectivity index (χ0v) is 13.4. The molecule has 3 N–H and O–H groups in total. The Kier molecular flexibility index (Phi) is 7.37. The highest BCUT2D eigenvalue weighted by Crippen LogP contribution is 2.20. The Balaban J connectivity index is 0.00000289. The van der Waals surface area contributed by atoms with E-state index in [9.17, 15) is 4.39 Å². The van der Waals surface area contributed by atoms with E-state index in [1.807, 2.05) is 0 Å². The number of benzene rings is 1. The zero-order valence-electron chi connectivity index (χ0n) is 11.0. The second kappa shape index (κ2) is 7.43. The van der Waals surface area contributed by atoms with Gasteiger partial charge in [-0.05, 0) is 30.5 Å². The minimum Gasteiger partial charge on any atom is -0.329 e. The van der Waals surface area contributed by atoms with Crippen molar-refractivity contribution >= 4 is 28.3 Å². The molecule has 0 saturated heterocycles. The first-order valence-electron chi connectivity index (χ1n) is 5.78. The van der Waals surface area contributed by atoms with Crippen molar-refractivity contribution < 1.29 is 4.39 Å². The number of nitrogens with one attached hydrogen (secondary N) is 1. The molecule has 5 heteroatoms. The standard InChI is InChI=1S/C13H20BrFN2.ClH/c1-9(2)13(3,8-16)17-7-10-4-5-11(15)6-12(10)14;/h4-6,9,17H,7-8,16H2,1-3H3;1H. The predicted octanol–water partition coefficient (Wildman–Crippen LogP) is 3.47. The van der Waals surface area contributed by atoms with E-state index in [2.05, 4.69) is 42.0 Å². The smallest absolute Gasteiger partial charge is 0.124 e. The normalized spacial score (nSPS) is 14.2. The fourth-order valence-electron chi connectivity index (χ4n) is 1.47. The molecule has 1 aromatic carbocycles. The van der Waals surface area contributed by atoms with Gasteiger partial charge >= 0.3 is 0 Å². The van der Waals surface area contributed by atoms with E-state index >= 15 is 0 Å². The van der Waals surface area contributed by atoms with Gasteiger partial charge in [-0.1, -0.05) is 35.8 Å². The van der Waals surface area contributed by atoms with E-state index in [1.165, 1.54) is 12.1 Å². The maximum Gasteiger partial charge on any atom is 0.124 e. The van der Waals surface area contributed by atoms with Crippen molar-refractivity contribution in [2.75, 3.05) is 6.54 Å². The Morgan fingerprint density at radius 3 is 2.50 bits per heavy atom. The van der Waals surface area contributed by atoms with Gasteiger partial charge in [0, 0.05) is 23.1 Å². The van der Waals surface area contributed by atoms with Crippen molar-refractivity contribution in [1.82, 2.24) is 5.32 Å². The number of rotatable bonds is 5. The molecule has 0 fully saturated rings. The summed E-state index contributed by atoms with van der Waals surface area (Å²) >= 11 is 3.36. The van der Waals surface area contributed by atoms with Gasteiger partial charge in [0.1, 0.15) is 5.82 Å². The van der Waals surface area contributed by atoms with E-state index in [1.54, 1.807) is 6.07 Å². The molecule has 1 unspecified atom stereocenters. The molecule has 0 aliphatic rings. The van der Waals surface area contributed by atoms with Crippen LogP contribution in [-0.2, 0) is 6.54 Å². The molecular weight excluding hydrogens is 319 g/mol. The Hall–Kier alpha value is -0.160. The summed E-state index contributed by atoms with van der Waals surface area (Å²) in [5.74, 6) is 0.206. The highest BCUT2D eigenvalue weighted by Gasteiger charge is 2.25. The fourth-order valence-corrected chi connectivity index (χ4v) is 1.97. The van der Waals surface area contributed by atoms with Crippen molar-refractivity contribution in [1.29, 1.82) is 0 Å². The minimum absolute atomic E-state index is 0. The third-order valence-corrected chi connectivity index (χ3v) is 4.13. The van der Waals surface area contributed by atoms with Crippen LogP contribution in [0, 0.1) is 11.7 Å². The molecule has 0 heterocycles. The molecule has 1 rings (SSSR count). The first-order valence-corrected chi connectivity index (χ1v) is 6.57. The van der Waals surface area contributed by atoms with Gasteiger partial charge in [0.2, 0.25) is 0 Å². The molecule has 18 heavy (non-hydrogen) atoms. The summed E-state index contributed by atoms with van der Waals surface area (Å²) in [6, 6.07) is 4.73. The van der Waals surface area contributed by atoms with E-state index < -0.39 is 0 Å². The molecule has 0 aliphatic carbocycles. The summed E-state index contributed by atoms with van der Waals surface area (Å²) in [5, 5.41) is 3.44. The largest absolute Gasteiger partial charge is 0.329 e. The number of hydrogen-bond donors (Lipinski definition) is 2. The average Bonchev–Trinajstić information content (AvgIpc) is 2.27. The SMILES string of the molecule is CC(C)C(C)(CN)NCc1ccc(F)cc1Br.Cl. The van der Waals surface area contributed by atoms with Crippen molar-refractivity contribution in [3.8, 4) is 0 Å². The van der Waals surface area contributed by atoms with Crippen LogP contribution in [0.1, 0.15) is 26.3 Å². The van der Waals surface area contributed by atoms with Gasteiger partial charge in [0.15, 0.2) is 0 Å². The van der Waals surface area contributed by atoms with Crippen molar-refractivity contribution in [3.63, 3.8) is 0 Å². The monoisotopic (exact) mass is 338 g/mol. The van der Waals surface area contributed by atoms with Crippen LogP contribution in [0.25, 0.3) is 0 Å². The van der Waals surface area contributed by atoms with Gasteiger partial charge in [0.25, 0.3) is 0 Å². The van der Waals surface area contributed by atoms with E-state index in [0.717, 1.165) is 10.0 Å². The molecule has 0 radical (unpaired) electrons. The molecule has 1 aromatic rings. The third-order valence-electron chi connectivity index (χ3n) is 3.40. The van der Waals surface area contributed by atoms with Crippen LogP contribution in [0.4, 0.5) is 4.39 Å². The van der Waals surface area contributed by atoms with Crippen LogP contribution in [0.5, 0.6) is 0 Å². The molecule has 0 spiro atoms. The lowest BCUT2D eigenvalue weighted by atomic mass is 9.88. The molecule has 0 saturated carbocycles. The van der Waals surface area contributed by atoms with Gasteiger partial charge < -0.3 is 11.1 Å². The molecule has 0 amide bonds. The van der Waals surface area contributed by atoms with Crippen LogP contribution in [0.2, 0.25) is 0 Å². The van der Waals surface area contributed by atoms with Gasteiger partial charge in [-0.15, -0.1) is 12.4 Å². The molecule has 1 atom stereocenters. The second-order valence-electron chi connectivity index (χ2n) is 4.87. The molecule has 0 aliphatic heterocycles. The Labute approximate surface area is 123 Å². The summed E-state index contributed by atoms with van der Waals surface area (Å²) in [6.45, 7) is 7.63. The molecule has 104 valence electrons. The Bertz CT molecular complexity index is 387. The van der Waals surface area contributed by atoms with Crippen LogP contribution < -0.4 is 11.1 Å². The molecular formula is C13H21BrClFN2. The third kappa shape index (κ3) is 4.50. The van der Waals surface area contributed by atoms with Crippen LogP contribution in [0.3, 0.4) is 0 Å². The lowest BCUT2D eigenvalue weighted by molar-refractivity contribution is 0.267. The zero-order chi connectivity index (χ0) is 13.1. The van der Waals surface area contributed by atoms with Gasteiger partial charge in [0.05, 0.1) is 0 Å².